The predicted molar refractivity (Wildman–Crippen MR) is 126 cm³/mol. The smallest absolute Gasteiger partial charge is 0.341 e. The van der Waals surface area contributed by atoms with Crippen LogP contribution in [0.2, 0.25) is 0 Å². The van der Waals surface area contributed by atoms with Gasteiger partial charge in [0.25, 0.3) is 0 Å². The van der Waals surface area contributed by atoms with Gasteiger partial charge in [-0.2, -0.15) is 5.26 Å². The van der Waals surface area contributed by atoms with Crippen LogP contribution in [0.4, 0.5) is 16.4 Å². The largest absolute Gasteiger partial charge is 0.454 e. The van der Waals surface area contributed by atoms with Crippen molar-refractivity contribution >= 4 is 45.4 Å². The van der Waals surface area contributed by atoms with E-state index in [0.717, 1.165) is 47.5 Å². The summed E-state index contributed by atoms with van der Waals surface area (Å²) in [4.78, 5) is 42.2. The molecule has 0 atom stereocenters. The summed E-state index contributed by atoms with van der Waals surface area (Å²) >= 11 is 1.38. The molecule has 0 fully saturated rings. The van der Waals surface area contributed by atoms with Crippen LogP contribution < -0.4 is 15.1 Å². The number of nitrogens with zero attached hydrogens (tertiary/aromatic N) is 3. The summed E-state index contributed by atoms with van der Waals surface area (Å²) in [6.45, 7) is 0.822. The molecular formula is C24H24N4O4S. The van der Waals surface area contributed by atoms with Crippen LogP contribution in [0.5, 0.6) is 0 Å². The lowest BCUT2D eigenvalue weighted by atomic mass is 9.95. The third-order valence-electron chi connectivity index (χ3n) is 5.85. The van der Waals surface area contributed by atoms with E-state index in [4.69, 9.17) is 4.74 Å². The first-order valence-electron chi connectivity index (χ1n) is 10.7. The second-order valence-corrected chi connectivity index (χ2v) is 9.12. The Morgan fingerprint density at radius 3 is 2.36 bits per heavy atom. The number of thiophene rings is 1. The van der Waals surface area contributed by atoms with Gasteiger partial charge in [-0.3, -0.25) is 9.59 Å². The second kappa shape index (κ2) is 9.08. The average Bonchev–Trinajstić information content (AvgIpc) is 3.28. The minimum atomic E-state index is -0.662. The molecule has 1 amide bonds. The molecule has 1 aliphatic heterocycles. The lowest BCUT2D eigenvalue weighted by Gasteiger charge is -2.20. The summed E-state index contributed by atoms with van der Waals surface area (Å²) < 4.78 is 5.37. The molecule has 8 nitrogen and oxygen atoms in total. The maximum absolute atomic E-state index is 13.0. The van der Waals surface area contributed by atoms with Crippen LogP contribution in [-0.4, -0.2) is 38.4 Å². The third-order valence-corrected chi connectivity index (χ3v) is 7.06. The first kappa shape index (κ1) is 22.6. The van der Waals surface area contributed by atoms with E-state index in [2.05, 4.69) is 5.32 Å². The highest BCUT2D eigenvalue weighted by molar-refractivity contribution is 7.17. The molecule has 9 heteroatoms. The Morgan fingerprint density at radius 1 is 1.12 bits per heavy atom. The molecule has 1 N–H and O–H groups in total. The Hall–Kier alpha value is -3.64. The molecule has 0 saturated heterocycles. The SMILES string of the molecule is CC(=O)Nc1sc2c(c1C(=O)OCC(=O)C(C#N)=C1N(C)c3ccccc3N1C)CCCC2. The highest BCUT2D eigenvalue weighted by Gasteiger charge is 2.32. The number of hydrogen-bond acceptors (Lipinski definition) is 8. The molecule has 1 aromatic carbocycles. The minimum Gasteiger partial charge on any atom is -0.454 e. The number of ketones is 1. The van der Waals surface area contributed by atoms with Crippen LogP contribution in [0.25, 0.3) is 0 Å². The van der Waals surface area contributed by atoms with Crippen molar-refractivity contribution in [3.8, 4) is 6.07 Å². The molecule has 0 radical (unpaired) electrons. The summed E-state index contributed by atoms with van der Waals surface area (Å²) in [5.41, 5.74) is 2.87. The van der Waals surface area contributed by atoms with Crippen LogP contribution in [0.1, 0.15) is 40.6 Å². The summed E-state index contributed by atoms with van der Waals surface area (Å²) in [5.74, 6) is -1.09. The van der Waals surface area contributed by atoms with E-state index in [-0.39, 0.29) is 11.5 Å². The monoisotopic (exact) mass is 464 g/mol. The average molecular weight is 465 g/mol. The number of esters is 1. The zero-order chi connectivity index (χ0) is 23.7. The van der Waals surface area contributed by atoms with Crippen LogP contribution >= 0.6 is 11.3 Å². The summed E-state index contributed by atoms with van der Waals surface area (Å²) in [7, 11) is 3.57. The van der Waals surface area contributed by atoms with Gasteiger partial charge in [0.2, 0.25) is 11.7 Å². The molecule has 1 aliphatic carbocycles. The van der Waals surface area contributed by atoms with Gasteiger partial charge in [0.15, 0.2) is 6.61 Å². The number of nitriles is 1. The number of benzene rings is 1. The highest BCUT2D eigenvalue weighted by atomic mass is 32.1. The minimum absolute atomic E-state index is 0.0848. The number of hydrogen-bond donors (Lipinski definition) is 1. The molecule has 170 valence electrons. The lowest BCUT2D eigenvalue weighted by molar-refractivity contribution is -0.118. The van der Waals surface area contributed by atoms with Crippen molar-refractivity contribution in [3.05, 3.63) is 51.7 Å². The molecule has 0 spiro atoms. The zero-order valence-electron chi connectivity index (χ0n) is 18.7. The number of anilines is 3. The molecular weight excluding hydrogens is 440 g/mol. The molecule has 33 heavy (non-hydrogen) atoms. The first-order valence-corrected chi connectivity index (χ1v) is 11.5. The number of fused-ring (bicyclic) bond motifs is 2. The Bertz CT molecular complexity index is 1190. The topological polar surface area (TPSA) is 103 Å². The van der Waals surface area contributed by atoms with E-state index in [1.807, 2.05) is 30.3 Å². The lowest BCUT2D eigenvalue weighted by Crippen LogP contribution is -2.28. The number of rotatable bonds is 5. The number of Topliss-reactive ketones (excluding diaryl/α,β-unsaturated/α-hetero) is 1. The number of aryl methyl sites for hydroxylation is 1. The maximum Gasteiger partial charge on any atom is 0.341 e. The van der Waals surface area contributed by atoms with Crippen LogP contribution in [0.15, 0.2) is 35.7 Å². The zero-order valence-corrected chi connectivity index (χ0v) is 19.5. The number of para-hydroxylation sites is 2. The van der Waals surface area contributed by atoms with Gasteiger partial charge in [-0.05, 0) is 43.4 Å². The van der Waals surface area contributed by atoms with Crippen molar-refractivity contribution in [1.82, 2.24) is 0 Å². The molecule has 0 bridgehead atoms. The Balaban J connectivity index is 1.57. The van der Waals surface area contributed by atoms with Gasteiger partial charge in [-0.15, -0.1) is 11.3 Å². The van der Waals surface area contributed by atoms with E-state index in [1.54, 1.807) is 23.9 Å². The Kier molecular flexibility index (Phi) is 6.20. The van der Waals surface area contributed by atoms with Crippen molar-refractivity contribution < 1.29 is 19.1 Å². The Morgan fingerprint density at radius 2 is 1.76 bits per heavy atom. The fraction of sp³-hybridized carbons (Fsp3) is 0.333. The quantitative estimate of drug-likeness (QED) is 0.409. The van der Waals surface area contributed by atoms with Crippen LogP contribution in [-0.2, 0) is 27.2 Å². The Labute approximate surface area is 196 Å². The van der Waals surface area contributed by atoms with E-state index in [0.29, 0.717) is 16.4 Å². The van der Waals surface area contributed by atoms with Crippen LogP contribution in [0.3, 0.4) is 0 Å². The summed E-state index contributed by atoms with van der Waals surface area (Å²) in [5, 5.41) is 12.9. The molecule has 0 unspecified atom stereocenters. The van der Waals surface area contributed by atoms with Crippen LogP contribution in [0, 0.1) is 11.3 Å². The third kappa shape index (κ3) is 4.10. The van der Waals surface area contributed by atoms with E-state index >= 15 is 0 Å². The standard InChI is InChI=1S/C24H24N4O4S/c1-14(29)26-22-21(15-8-4-7-11-20(15)33-22)24(31)32-13-19(30)16(12-25)23-27(2)17-9-5-6-10-18(17)28(23)3/h5-6,9-10H,4,7-8,11,13H2,1-3H3,(H,26,29). The first-order chi connectivity index (χ1) is 15.8. The maximum atomic E-state index is 13.0. The number of nitrogens with one attached hydrogen (secondary N) is 1. The normalized spacial score (nSPS) is 14.3. The van der Waals surface area contributed by atoms with E-state index < -0.39 is 18.4 Å². The molecule has 4 rings (SSSR count). The molecule has 2 heterocycles. The van der Waals surface area contributed by atoms with Crippen molar-refractivity contribution in [2.75, 3.05) is 35.8 Å². The van der Waals surface area contributed by atoms with Gasteiger partial charge >= 0.3 is 5.97 Å². The van der Waals surface area contributed by atoms with Crippen molar-refractivity contribution in [3.63, 3.8) is 0 Å². The fourth-order valence-corrected chi connectivity index (χ4v) is 5.69. The van der Waals surface area contributed by atoms with Crippen molar-refractivity contribution in [2.24, 2.45) is 0 Å². The molecule has 1 aromatic heterocycles. The van der Waals surface area contributed by atoms with E-state index in [1.165, 1.54) is 18.3 Å². The molecule has 2 aliphatic rings. The van der Waals surface area contributed by atoms with Gasteiger partial charge in [-0.25, -0.2) is 4.79 Å². The highest BCUT2D eigenvalue weighted by Crippen LogP contribution is 2.41. The molecule has 2 aromatic rings. The summed E-state index contributed by atoms with van der Waals surface area (Å²) in [6, 6.07) is 9.56. The number of carbonyl (C=O) groups excluding carboxylic acids is 3. The number of amides is 1. The van der Waals surface area contributed by atoms with Gasteiger partial charge in [0, 0.05) is 25.9 Å². The van der Waals surface area contributed by atoms with Gasteiger partial charge in [0.05, 0.1) is 16.9 Å². The van der Waals surface area contributed by atoms with E-state index in [9.17, 15) is 19.6 Å². The predicted octanol–water partition coefficient (Wildman–Crippen LogP) is 3.63. The fourth-order valence-electron chi connectivity index (χ4n) is 4.36. The number of carbonyl (C=O) groups is 3. The van der Waals surface area contributed by atoms with Gasteiger partial charge < -0.3 is 19.9 Å². The van der Waals surface area contributed by atoms with Gasteiger partial charge in [0.1, 0.15) is 22.5 Å². The summed E-state index contributed by atoms with van der Waals surface area (Å²) in [6.07, 6.45) is 3.56. The molecule has 0 saturated carbocycles. The second-order valence-electron chi connectivity index (χ2n) is 8.01. The van der Waals surface area contributed by atoms with Gasteiger partial charge in [-0.1, -0.05) is 12.1 Å². The van der Waals surface area contributed by atoms with Crippen molar-refractivity contribution in [2.45, 2.75) is 32.6 Å². The van der Waals surface area contributed by atoms with Crippen molar-refractivity contribution in [1.29, 1.82) is 5.26 Å². The number of ether oxygens (including phenoxy) is 1.